The molecular weight excluding hydrogens is 308 g/mol. The summed E-state index contributed by atoms with van der Waals surface area (Å²) in [5.74, 6) is 1.50. The van der Waals surface area contributed by atoms with E-state index < -0.39 is 0 Å². The number of ether oxygens (including phenoxy) is 2. The van der Waals surface area contributed by atoms with E-state index in [1.807, 2.05) is 31.4 Å². The minimum Gasteiger partial charge on any atom is -0.493 e. The van der Waals surface area contributed by atoms with Crippen molar-refractivity contribution < 1.29 is 14.3 Å². The zero-order valence-electron chi connectivity index (χ0n) is 14.2. The van der Waals surface area contributed by atoms with Crippen LogP contribution in [0.25, 0.3) is 0 Å². The van der Waals surface area contributed by atoms with Gasteiger partial charge in [0.2, 0.25) is 0 Å². The number of hydrogen-bond donors (Lipinski definition) is 1. The van der Waals surface area contributed by atoms with E-state index in [4.69, 9.17) is 9.47 Å². The van der Waals surface area contributed by atoms with E-state index in [9.17, 15) is 4.79 Å². The zero-order chi connectivity index (χ0) is 17.1. The first kappa shape index (κ1) is 16.2. The Morgan fingerprint density at radius 1 is 1.54 bits per heavy atom. The minimum atomic E-state index is -0.126. The number of amides is 2. The first-order valence-corrected chi connectivity index (χ1v) is 7.84. The van der Waals surface area contributed by atoms with Crippen LogP contribution in [0, 0.1) is 0 Å². The summed E-state index contributed by atoms with van der Waals surface area (Å²) in [5, 5.41) is 7.13. The number of nitrogens with one attached hydrogen (secondary N) is 1. The van der Waals surface area contributed by atoms with Crippen LogP contribution >= 0.6 is 0 Å². The molecule has 3 rings (SSSR count). The largest absolute Gasteiger partial charge is 0.493 e. The first-order chi connectivity index (χ1) is 11.6. The van der Waals surface area contributed by atoms with Crippen LogP contribution in [0.3, 0.4) is 0 Å². The Morgan fingerprint density at radius 3 is 3.08 bits per heavy atom. The van der Waals surface area contributed by atoms with Gasteiger partial charge in [0.1, 0.15) is 6.61 Å². The van der Waals surface area contributed by atoms with Crippen molar-refractivity contribution in [3.05, 3.63) is 41.7 Å². The highest BCUT2D eigenvalue weighted by atomic mass is 16.5. The standard InChI is InChI=1S/C17H22N4O3/c1-20(9-12-8-18-21(2)10-12)17(22)19-14-7-13-5-4-6-15(23-3)16(13)24-11-14/h4-6,8,10,14H,7,9,11H2,1-3H3,(H,19,22)/t14-/m0/s1. The van der Waals surface area contributed by atoms with Gasteiger partial charge < -0.3 is 19.7 Å². The molecule has 0 fully saturated rings. The highest BCUT2D eigenvalue weighted by molar-refractivity contribution is 5.74. The molecule has 2 amide bonds. The van der Waals surface area contributed by atoms with Gasteiger partial charge >= 0.3 is 6.03 Å². The number of aryl methyl sites for hydroxylation is 1. The van der Waals surface area contributed by atoms with Gasteiger partial charge in [-0.05, 0) is 12.5 Å². The normalized spacial score (nSPS) is 16.0. The van der Waals surface area contributed by atoms with Gasteiger partial charge in [-0.2, -0.15) is 5.10 Å². The second kappa shape index (κ2) is 6.82. The molecule has 0 saturated carbocycles. The van der Waals surface area contributed by atoms with Crippen molar-refractivity contribution in [1.29, 1.82) is 0 Å². The summed E-state index contributed by atoms with van der Waals surface area (Å²) < 4.78 is 12.8. The predicted octanol–water partition coefficient (Wildman–Crippen LogP) is 1.57. The average Bonchev–Trinajstić information content (AvgIpc) is 2.98. The monoisotopic (exact) mass is 330 g/mol. The Labute approximate surface area is 141 Å². The molecule has 0 unspecified atom stereocenters. The van der Waals surface area contributed by atoms with Gasteiger partial charge in [-0.3, -0.25) is 4.68 Å². The van der Waals surface area contributed by atoms with Crippen LogP contribution in [0.4, 0.5) is 4.79 Å². The van der Waals surface area contributed by atoms with Crippen molar-refractivity contribution >= 4 is 6.03 Å². The zero-order valence-corrected chi connectivity index (χ0v) is 14.2. The Balaban J connectivity index is 1.59. The van der Waals surface area contributed by atoms with Crippen molar-refractivity contribution in [2.45, 2.75) is 19.0 Å². The van der Waals surface area contributed by atoms with Crippen LogP contribution < -0.4 is 14.8 Å². The van der Waals surface area contributed by atoms with E-state index in [0.717, 1.165) is 29.0 Å². The summed E-state index contributed by atoms with van der Waals surface area (Å²) in [7, 11) is 5.25. The number of nitrogens with zero attached hydrogens (tertiary/aromatic N) is 3. The van der Waals surface area contributed by atoms with Crippen molar-refractivity contribution in [2.24, 2.45) is 7.05 Å². The molecule has 0 spiro atoms. The van der Waals surface area contributed by atoms with Gasteiger partial charge in [-0.25, -0.2) is 4.79 Å². The molecular formula is C17H22N4O3. The lowest BCUT2D eigenvalue weighted by Gasteiger charge is -2.28. The summed E-state index contributed by atoms with van der Waals surface area (Å²) in [6, 6.07) is 5.61. The number of benzene rings is 1. The van der Waals surface area contributed by atoms with Crippen LogP contribution in [0.15, 0.2) is 30.6 Å². The number of hydrogen-bond acceptors (Lipinski definition) is 4. The summed E-state index contributed by atoms with van der Waals surface area (Å²) in [6.07, 6.45) is 4.38. The van der Waals surface area contributed by atoms with Crippen LogP contribution in [-0.4, -0.2) is 47.5 Å². The maximum Gasteiger partial charge on any atom is 0.317 e. The van der Waals surface area contributed by atoms with E-state index in [2.05, 4.69) is 10.4 Å². The molecule has 0 radical (unpaired) electrons. The lowest BCUT2D eigenvalue weighted by atomic mass is 10.0. The molecule has 7 nitrogen and oxygen atoms in total. The van der Waals surface area contributed by atoms with Crippen LogP contribution in [0.1, 0.15) is 11.1 Å². The Hall–Kier alpha value is -2.70. The molecule has 1 aromatic heterocycles. The third-order valence-corrected chi connectivity index (χ3v) is 4.03. The van der Waals surface area contributed by atoms with Crippen molar-refractivity contribution in [2.75, 3.05) is 20.8 Å². The van der Waals surface area contributed by atoms with E-state index >= 15 is 0 Å². The SMILES string of the molecule is COc1cccc2c1OC[C@@H](NC(=O)N(C)Cc1cnn(C)c1)C2. The highest BCUT2D eigenvalue weighted by Gasteiger charge is 2.24. The maximum absolute atomic E-state index is 12.4. The molecule has 1 N–H and O–H groups in total. The number of urea groups is 1. The summed E-state index contributed by atoms with van der Waals surface area (Å²) in [6.45, 7) is 0.942. The molecule has 1 aliphatic rings. The van der Waals surface area contributed by atoms with Gasteiger partial charge in [0, 0.05) is 31.4 Å². The molecule has 2 aromatic rings. The third-order valence-electron chi connectivity index (χ3n) is 4.03. The van der Waals surface area contributed by atoms with Crippen molar-refractivity contribution in [3.8, 4) is 11.5 Å². The Morgan fingerprint density at radius 2 is 2.38 bits per heavy atom. The van der Waals surface area contributed by atoms with E-state index in [0.29, 0.717) is 13.2 Å². The lowest BCUT2D eigenvalue weighted by molar-refractivity contribution is 0.186. The highest BCUT2D eigenvalue weighted by Crippen LogP contribution is 2.34. The molecule has 0 bridgehead atoms. The molecule has 1 aromatic carbocycles. The Kier molecular flexibility index (Phi) is 4.59. The number of carbonyl (C=O) groups is 1. The quantitative estimate of drug-likeness (QED) is 0.924. The summed E-state index contributed by atoms with van der Waals surface area (Å²) >= 11 is 0. The molecule has 1 atom stereocenters. The van der Waals surface area contributed by atoms with E-state index in [1.165, 1.54) is 0 Å². The van der Waals surface area contributed by atoms with Crippen molar-refractivity contribution in [3.63, 3.8) is 0 Å². The fourth-order valence-electron chi connectivity index (χ4n) is 2.83. The molecule has 7 heteroatoms. The number of aromatic nitrogens is 2. The van der Waals surface area contributed by atoms with E-state index in [1.54, 1.807) is 29.9 Å². The molecule has 0 aliphatic carbocycles. The molecule has 128 valence electrons. The van der Waals surface area contributed by atoms with Crippen LogP contribution in [0.5, 0.6) is 11.5 Å². The van der Waals surface area contributed by atoms with Gasteiger partial charge in [-0.15, -0.1) is 0 Å². The minimum absolute atomic E-state index is 0.0616. The fourth-order valence-corrected chi connectivity index (χ4v) is 2.83. The van der Waals surface area contributed by atoms with Crippen LogP contribution in [0.2, 0.25) is 0 Å². The smallest absolute Gasteiger partial charge is 0.317 e. The third kappa shape index (κ3) is 3.45. The summed E-state index contributed by atoms with van der Waals surface area (Å²) in [4.78, 5) is 14.0. The second-order valence-corrected chi connectivity index (χ2v) is 5.99. The number of para-hydroxylation sites is 1. The number of rotatable bonds is 4. The van der Waals surface area contributed by atoms with Crippen LogP contribution in [-0.2, 0) is 20.0 Å². The maximum atomic E-state index is 12.4. The fraction of sp³-hybridized carbons (Fsp3) is 0.412. The predicted molar refractivity (Wildman–Crippen MR) is 89.2 cm³/mol. The molecule has 1 aliphatic heterocycles. The number of methoxy groups -OCH3 is 1. The van der Waals surface area contributed by atoms with Crippen molar-refractivity contribution in [1.82, 2.24) is 20.0 Å². The van der Waals surface area contributed by atoms with E-state index in [-0.39, 0.29) is 12.1 Å². The molecule has 2 heterocycles. The number of fused-ring (bicyclic) bond motifs is 1. The van der Waals surface area contributed by atoms with Gasteiger partial charge in [0.25, 0.3) is 0 Å². The number of carbonyl (C=O) groups excluding carboxylic acids is 1. The van der Waals surface area contributed by atoms with Gasteiger partial charge in [0.15, 0.2) is 11.5 Å². The Bertz CT molecular complexity index is 728. The van der Waals surface area contributed by atoms with Gasteiger partial charge in [0.05, 0.1) is 25.9 Å². The topological polar surface area (TPSA) is 68.6 Å². The molecule has 0 saturated heterocycles. The second-order valence-electron chi connectivity index (χ2n) is 5.99. The molecule has 24 heavy (non-hydrogen) atoms. The average molecular weight is 330 g/mol. The first-order valence-electron chi connectivity index (χ1n) is 7.84. The van der Waals surface area contributed by atoms with Gasteiger partial charge in [-0.1, -0.05) is 12.1 Å². The summed E-state index contributed by atoms with van der Waals surface area (Å²) in [5.41, 5.74) is 2.03. The lowest BCUT2D eigenvalue weighted by Crippen LogP contribution is -2.47.